The summed E-state index contributed by atoms with van der Waals surface area (Å²) in [5.74, 6) is 5.56. The minimum absolute atomic E-state index is 0.106. The van der Waals surface area contributed by atoms with Crippen molar-refractivity contribution in [1.29, 1.82) is 5.26 Å². The fourth-order valence-electron chi connectivity index (χ4n) is 1.63. The number of nitriles is 1. The van der Waals surface area contributed by atoms with Gasteiger partial charge in [-0.3, -0.25) is 10.1 Å². The number of hydrazine groups is 1. The Morgan fingerprint density at radius 2 is 2.37 bits per heavy atom. The van der Waals surface area contributed by atoms with E-state index in [4.69, 9.17) is 11.1 Å². The van der Waals surface area contributed by atoms with Gasteiger partial charge in [0.25, 0.3) is 0 Å². The second-order valence-electron chi connectivity index (χ2n) is 4.01. The number of pyridine rings is 1. The molecule has 1 aromatic rings. The van der Waals surface area contributed by atoms with Gasteiger partial charge in [0, 0.05) is 19.2 Å². The topological polar surface area (TPSA) is 121 Å². The van der Waals surface area contributed by atoms with Crippen LogP contribution in [0.3, 0.4) is 0 Å². The van der Waals surface area contributed by atoms with Crippen LogP contribution in [0.5, 0.6) is 0 Å². The van der Waals surface area contributed by atoms with Crippen LogP contribution in [-0.4, -0.2) is 23.0 Å². The third-order valence-corrected chi connectivity index (χ3v) is 2.59. The molecule has 1 rings (SSSR count). The number of aromatic nitrogens is 1. The molecule has 8 heteroatoms. The SMILES string of the molecule is CCN(CC(C)C#N)c1nc(NN)ccc1[N+](=O)[O-]. The third-order valence-electron chi connectivity index (χ3n) is 2.59. The monoisotopic (exact) mass is 264 g/mol. The molecule has 0 saturated carbocycles. The first-order valence-corrected chi connectivity index (χ1v) is 5.80. The zero-order valence-corrected chi connectivity index (χ0v) is 10.8. The van der Waals surface area contributed by atoms with Gasteiger partial charge in [0.15, 0.2) is 0 Å². The second kappa shape index (κ2) is 6.51. The average Bonchev–Trinajstić information content (AvgIpc) is 2.43. The summed E-state index contributed by atoms with van der Waals surface area (Å²) < 4.78 is 0. The van der Waals surface area contributed by atoms with Crippen LogP contribution in [0.25, 0.3) is 0 Å². The lowest BCUT2D eigenvalue weighted by Gasteiger charge is -2.23. The number of nitrogens with one attached hydrogen (secondary N) is 1. The summed E-state index contributed by atoms with van der Waals surface area (Å²) in [6, 6.07) is 4.88. The van der Waals surface area contributed by atoms with Gasteiger partial charge in [-0.1, -0.05) is 0 Å². The van der Waals surface area contributed by atoms with E-state index in [0.29, 0.717) is 18.9 Å². The van der Waals surface area contributed by atoms with Gasteiger partial charge in [-0.2, -0.15) is 5.26 Å². The van der Waals surface area contributed by atoms with Crippen molar-refractivity contribution in [2.24, 2.45) is 11.8 Å². The number of hydrogen-bond acceptors (Lipinski definition) is 7. The quantitative estimate of drug-likeness (QED) is 0.450. The molecule has 0 aliphatic carbocycles. The number of nitro groups is 1. The van der Waals surface area contributed by atoms with Gasteiger partial charge in [0.2, 0.25) is 5.82 Å². The van der Waals surface area contributed by atoms with Crippen molar-refractivity contribution >= 4 is 17.3 Å². The van der Waals surface area contributed by atoms with E-state index in [-0.39, 0.29) is 17.4 Å². The van der Waals surface area contributed by atoms with Crippen LogP contribution in [0.2, 0.25) is 0 Å². The molecular formula is C11H16N6O2. The largest absolute Gasteiger partial charge is 0.350 e. The molecule has 0 amide bonds. The van der Waals surface area contributed by atoms with Crippen LogP contribution >= 0.6 is 0 Å². The molecule has 0 aliphatic rings. The zero-order valence-electron chi connectivity index (χ0n) is 10.8. The molecule has 0 radical (unpaired) electrons. The molecule has 19 heavy (non-hydrogen) atoms. The molecule has 0 bridgehead atoms. The van der Waals surface area contributed by atoms with Crippen LogP contribution in [0.15, 0.2) is 12.1 Å². The lowest BCUT2D eigenvalue weighted by Crippen LogP contribution is -2.29. The van der Waals surface area contributed by atoms with Gasteiger partial charge in [-0.15, -0.1) is 0 Å². The average molecular weight is 264 g/mol. The van der Waals surface area contributed by atoms with Crippen molar-refractivity contribution in [2.45, 2.75) is 13.8 Å². The van der Waals surface area contributed by atoms with Crippen LogP contribution in [0, 0.1) is 27.4 Å². The first-order valence-electron chi connectivity index (χ1n) is 5.80. The Kier molecular flexibility index (Phi) is 5.02. The molecule has 0 aliphatic heterocycles. The highest BCUT2D eigenvalue weighted by Crippen LogP contribution is 2.27. The molecular weight excluding hydrogens is 248 g/mol. The number of anilines is 2. The molecule has 1 aromatic heterocycles. The minimum atomic E-state index is -0.498. The molecule has 0 fully saturated rings. The lowest BCUT2D eigenvalue weighted by atomic mass is 10.2. The molecule has 1 heterocycles. The predicted octanol–water partition coefficient (Wildman–Crippen LogP) is 1.26. The van der Waals surface area contributed by atoms with E-state index in [9.17, 15) is 10.1 Å². The molecule has 1 atom stereocenters. The van der Waals surface area contributed by atoms with Crippen molar-refractivity contribution in [3.8, 4) is 6.07 Å². The van der Waals surface area contributed by atoms with Gasteiger partial charge >= 0.3 is 5.69 Å². The van der Waals surface area contributed by atoms with Gasteiger partial charge < -0.3 is 10.3 Å². The molecule has 0 aromatic carbocycles. The van der Waals surface area contributed by atoms with Crippen molar-refractivity contribution in [1.82, 2.24) is 4.98 Å². The van der Waals surface area contributed by atoms with Crippen molar-refractivity contribution < 1.29 is 4.92 Å². The first kappa shape index (κ1) is 14.7. The maximum atomic E-state index is 11.0. The van der Waals surface area contributed by atoms with Crippen LogP contribution in [0.4, 0.5) is 17.3 Å². The smallest absolute Gasteiger partial charge is 0.311 e. The normalized spacial score (nSPS) is 11.5. The summed E-state index contributed by atoms with van der Waals surface area (Å²) >= 11 is 0. The number of hydrogen-bond donors (Lipinski definition) is 2. The fraction of sp³-hybridized carbons (Fsp3) is 0.455. The molecule has 1 unspecified atom stereocenters. The summed E-state index contributed by atoms with van der Waals surface area (Å²) in [6.07, 6.45) is 0. The van der Waals surface area contributed by atoms with Crippen molar-refractivity contribution in [2.75, 3.05) is 23.4 Å². The van der Waals surface area contributed by atoms with Crippen LogP contribution in [0.1, 0.15) is 13.8 Å². The summed E-state index contributed by atoms with van der Waals surface area (Å²) in [4.78, 5) is 16.3. The zero-order chi connectivity index (χ0) is 14.4. The van der Waals surface area contributed by atoms with E-state index >= 15 is 0 Å². The van der Waals surface area contributed by atoms with E-state index < -0.39 is 4.92 Å². The standard InChI is InChI=1S/C11H16N6O2/c1-3-16(7-8(2)6-12)11-9(17(18)19)4-5-10(14-11)15-13/h4-5,8H,3,7,13H2,1-2H3,(H,14,15). The van der Waals surface area contributed by atoms with Gasteiger partial charge in [-0.25, -0.2) is 10.8 Å². The Bertz CT molecular complexity index is 498. The Hall–Kier alpha value is -2.40. The summed E-state index contributed by atoms with van der Waals surface area (Å²) in [6.45, 7) is 4.47. The predicted molar refractivity (Wildman–Crippen MR) is 71.4 cm³/mol. The van der Waals surface area contributed by atoms with Crippen LogP contribution < -0.4 is 16.2 Å². The highest BCUT2D eigenvalue weighted by atomic mass is 16.6. The Morgan fingerprint density at radius 3 is 2.84 bits per heavy atom. The first-order chi connectivity index (χ1) is 9.03. The Balaban J connectivity index is 3.19. The maximum absolute atomic E-state index is 11.0. The molecule has 0 spiro atoms. The number of nitrogen functional groups attached to an aromatic ring is 1. The lowest BCUT2D eigenvalue weighted by molar-refractivity contribution is -0.384. The van der Waals surface area contributed by atoms with E-state index in [1.807, 2.05) is 6.92 Å². The Labute approximate surface area is 111 Å². The molecule has 8 nitrogen and oxygen atoms in total. The molecule has 102 valence electrons. The van der Waals surface area contributed by atoms with Gasteiger partial charge in [-0.05, 0) is 19.9 Å². The molecule has 0 saturated heterocycles. The second-order valence-corrected chi connectivity index (χ2v) is 4.01. The van der Waals surface area contributed by atoms with E-state index in [2.05, 4.69) is 16.5 Å². The summed E-state index contributed by atoms with van der Waals surface area (Å²) in [5, 5.41) is 19.9. The third kappa shape index (κ3) is 3.53. The number of nitrogens with two attached hydrogens (primary N) is 1. The Morgan fingerprint density at radius 1 is 1.68 bits per heavy atom. The maximum Gasteiger partial charge on any atom is 0.311 e. The van der Waals surface area contributed by atoms with Gasteiger partial charge in [0.05, 0.1) is 16.9 Å². The van der Waals surface area contributed by atoms with Crippen molar-refractivity contribution in [3.63, 3.8) is 0 Å². The number of rotatable bonds is 6. The molecule has 3 N–H and O–H groups in total. The van der Waals surface area contributed by atoms with Crippen molar-refractivity contribution in [3.05, 3.63) is 22.2 Å². The minimum Gasteiger partial charge on any atom is -0.350 e. The van der Waals surface area contributed by atoms with E-state index in [1.54, 1.807) is 11.8 Å². The highest BCUT2D eigenvalue weighted by Gasteiger charge is 2.22. The fourth-order valence-corrected chi connectivity index (χ4v) is 1.63. The van der Waals surface area contributed by atoms with E-state index in [0.717, 1.165) is 0 Å². The highest BCUT2D eigenvalue weighted by molar-refractivity contribution is 5.61. The number of nitrogens with zero attached hydrogens (tertiary/aromatic N) is 4. The van der Waals surface area contributed by atoms with Crippen LogP contribution in [-0.2, 0) is 0 Å². The van der Waals surface area contributed by atoms with E-state index in [1.165, 1.54) is 12.1 Å². The summed E-state index contributed by atoms with van der Waals surface area (Å²) in [7, 11) is 0. The van der Waals surface area contributed by atoms with Gasteiger partial charge in [0.1, 0.15) is 5.82 Å². The summed E-state index contributed by atoms with van der Waals surface area (Å²) in [5.41, 5.74) is 2.25.